The summed E-state index contributed by atoms with van der Waals surface area (Å²) in [4.78, 5) is 29.2. The monoisotopic (exact) mass is 514 g/mol. The van der Waals surface area contributed by atoms with Gasteiger partial charge in [-0.2, -0.15) is 0 Å². The Hall–Kier alpha value is -4.34. The molecule has 6 nitrogen and oxygen atoms in total. The Morgan fingerprint density at radius 2 is 1.79 bits per heavy atom. The summed E-state index contributed by atoms with van der Waals surface area (Å²) in [5.41, 5.74) is 2.02. The van der Waals surface area contributed by atoms with E-state index in [0.29, 0.717) is 29.6 Å². The number of rotatable bonds is 7. The molecule has 0 atom stereocenters. The number of nitrogens with one attached hydrogen (secondary N) is 1. The Morgan fingerprint density at radius 1 is 1.16 bits per heavy atom. The average molecular weight is 515 g/mol. The number of hydrogen-bond acceptors (Lipinski definition) is 4. The van der Waals surface area contributed by atoms with Gasteiger partial charge in [0.15, 0.2) is 0 Å². The Kier molecular flexibility index (Phi) is 12.5. The van der Waals surface area contributed by atoms with Crippen molar-refractivity contribution in [2.75, 3.05) is 0 Å². The maximum Gasteiger partial charge on any atom is 0.340 e. The van der Waals surface area contributed by atoms with Crippen LogP contribution in [0.2, 0.25) is 0 Å². The van der Waals surface area contributed by atoms with Gasteiger partial charge in [-0.1, -0.05) is 67.5 Å². The Balaban J connectivity index is 0.00000110. The zero-order valence-corrected chi connectivity index (χ0v) is 22.9. The van der Waals surface area contributed by atoms with Gasteiger partial charge in [-0.05, 0) is 45.2 Å². The number of benzene rings is 1. The quantitative estimate of drug-likeness (QED) is 0.171. The second kappa shape index (κ2) is 15.0. The second-order valence-corrected chi connectivity index (χ2v) is 8.78. The first-order valence-electron chi connectivity index (χ1n) is 12.1. The number of allylic oxidation sites excluding steroid dienone is 3. The molecular weight excluding hydrogens is 476 g/mol. The molecule has 2 aromatic heterocycles. The number of aliphatic hydroxyl groups is 1. The van der Waals surface area contributed by atoms with Crippen molar-refractivity contribution in [1.29, 1.82) is 0 Å². The van der Waals surface area contributed by atoms with E-state index in [1.165, 1.54) is 4.57 Å². The van der Waals surface area contributed by atoms with Crippen molar-refractivity contribution in [1.82, 2.24) is 9.55 Å². The minimum Gasteiger partial charge on any atom is -0.457 e. The van der Waals surface area contributed by atoms with Crippen LogP contribution in [0.4, 0.5) is 0 Å². The number of pyridine rings is 1. The number of fused-ring (bicyclic) bond motifs is 1. The van der Waals surface area contributed by atoms with E-state index in [4.69, 9.17) is 4.74 Å². The van der Waals surface area contributed by atoms with Crippen molar-refractivity contribution in [2.24, 2.45) is 0 Å². The predicted octanol–water partition coefficient (Wildman–Crippen LogP) is 6.16. The molecule has 38 heavy (non-hydrogen) atoms. The lowest BCUT2D eigenvalue weighted by Gasteiger charge is -2.10. The van der Waals surface area contributed by atoms with Crippen molar-refractivity contribution < 1.29 is 14.6 Å². The van der Waals surface area contributed by atoms with E-state index >= 15 is 0 Å². The molecule has 6 heteroatoms. The van der Waals surface area contributed by atoms with Gasteiger partial charge in [0.1, 0.15) is 17.7 Å². The summed E-state index contributed by atoms with van der Waals surface area (Å²) in [5, 5.41) is 10.5. The van der Waals surface area contributed by atoms with E-state index in [0.717, 1.165) is 11.1 Å². The number of esters is 1. The summed E-state index contributed by atoms with van der Waals surface area (Å²) in [6.07, 6.45) is 7.24. The lowest BCUT2D eigenvalue weighted by Crippen LogP contribution is -2.21. The molecule has 0 unspecified atom stereocenters. The third-order valence-corrected chi connectivity index (χ3v) is 5.28. The third-order valence-electron chi connectivity index (χ3n) is 5.28. The number of carbonyl (C=O) groups excluding carboxylic acids is 1. The predicted molar refractivity (Wildman–Crippen MR) is 157 cm³/mol. The molecule has 0 fully saturated rings. The lowest BCUT2D eigenvalue weighted by molar-refractivity contribution is 0.0473. The van der Waals surface area contributed by atoms with Crippen LogP contribution in [0.25, 0.3) is 10.9 Å². The molecule has 0 aliphatic heterocycles. The molecule has 200 valence electrons. The zero-order valence-electron chi connectivity index (χ0n) is 22.9. The van der Waals surface area contributed by atoms with Crippen molar-refractivity contribution in [3.8, 4) is 11.8 Å². The lowest BCUT2D eigenvalue weighted by atomic mass is 10.0. The molecule has 3 aromatic rings. The normalized spacial score (nSPS) is 10.0. The number of aryl methyl sites for hydroxylation is 3. The highest BCUT2D eigenvalue weighted by Gasteiger charge is 2.23. The summed E-state index contributed by atoms with van der Waals surface area (Å²) in [7, 11) is 0. The molecule has 0 bridgehead atoms. The number of hydrogen-bond donors (Lipinski definition) is 2. The minimum absolute atomic E-state index is 0.124. The van der Waals surface area contributed by atoms with E-state index < -0.39 is 11.6 Å². The Morgan fingerprint density at radius 3 is 2.34 bits per heavy atom. The van der Waals surface area contributed by atoms with Crippen LogP contribution >= 0.6 is 0 Å². The highest BCUT2D eigenvalue weighted by Crippen LogP contribution is 2.25. The van der Waals surface area contributed by atoms with E-state index in [1.807, 2.05) is 31.2 Å². The molecule has 3 rings (SSSR count). The van der Waals surface area contributed by atoms with E-state index in [1.54, 1.807) is 45.2 Å². The molecular formula is C32H38N2O4. The topological polar surface area (TPSA) is 84.3 Å². The first-order valence-corrected chi connectivity index (χ1v) is 12.1. The van der Waals surface area contributed by atoms with E-state index in [9.17, 15) is 14.7 Å². The maximum atomic E-state index is 13.1. The van der Waals surface area contributed by atoms with E-state index in [-0.39, 0.29) is 23.2 Å². The van der Waals surface area contributed by atoms with Crippen LogP contribution in [-0.4, -0.2) is 26.2 Å². The van der Waals surface area contributed by atoms with Crippen LogP contribution in [0.15, 0.2) is 86.4 Å². The Bertz CT molecular complexity index is 1400. The first kappa shape index (κ1) is 31.7. The fourth-order valence-electron chi connectivity index (χ4n) is 3.43. The molecule has 0 radical (unpaired) electrons. The summed E-state index contributed by atoms with van der Waals surface area (Å²) in [5.74, 6) is 5.19. The van der Waals surface area contributed by atoms with Crippen molar-refractivity contribution in [2.45, 2.75) is 52.9 Å². The summed E-state index contributed by atoms with van der Waals surface area (Å²) >= 11 is 0. The fourth-order valence-corrected chi connectivity index (χ4v) is 3.43. The zero-order chi connectivity index (χ0) is 28.9. The largest absolute Gasteiger partial charge is 0.457 e. The minimum atomic E-state index is -1.23. The maximum absolute atomic E-state index is 13.1. The summed E-state index contributed by atoms with van der Waals surface area (Å²) < 4.78 is 7.14. The van der Waals surface area contributed by atoms with Gasteiger partial charge in [0.25, 0.3) is 5.56 Å². The fraction of sp³-hybridized carbons (Fsp3) is 0.250. The van der Waals surface area contributed by atoms with Crippen LogP contribution in [0, 0.1) is 25.7 Å². The van der Waals surface area contributed by atoms with Gasteiger partial charge >= 0.3 is 5.97 Å². The number of carbonyl (C=O) groups is 1. The molecule has 0 aliphatic carbocycles. The van der Waals surface area contributed by atoms with Gasteiger partial charge in [0, 0.05) is 23.8 Å². The molecule has 2 heterocycles. The molecule has 1 aromatic carbocycles. The van der Waals surface area contributed by atoms with Crippen LogP contribution in [-0.2, 0) is 17.9 Å². The third kappa shape index (κ3) is 8.65. The van der Waals surface area contributed by atoms with Crippen LogP contribution < -0.4 is 5.56 Å². The van der Waals surface area contributed by atoms with Crippen LogP contribution in [0.5, 0.6) is 0 Å². The van der Waals surface area contributed by atoms with Gasteiger partial charge < -0.3 is 19.4 Å². The second-order valence-electron chi connectivity index (χ2n) is 8.78. The van der Waals surface area contributed by atoms with Gasteiger partial charge in [-0.25, -0.2) is 4.79 Å². The van der Waals surface area contributed by atoms with Gasteiger partial charge in [-0.15, -0.1) is 19.7 Å². The first-order chi connectivity index (χ1) is 18.0. The smallest absolute Gasteiger partial charge is 0.340 e. The molecule has 0 saturated heterocycles. The van der Waals surface area contributed by atoms with Gasteiger partial charge in [-0.3, -0.25) is 4.79 Å². The Labute approximate surface area is 225 Å². The summed E-state index contributed by atoms with van der Waals surface area (Å²) in [6, 6.07) is 7.68. The molecule has 0 saturated carbocycles. The molecule has 2 N–H and O–H groups in total. The number of aromatic amines is 1. The van der Waals surface area contributed by atoms with Crippen molar-refractivity contribution in [3.05, 3.63) is 120 Å². The highest BCUT2D eigenvalue weighted by atomic mass is 16.5. The number of nitrogens with zero attached hydrogens (tertiary/aromatic N) is 1. The van der Waals surface area contributed by atoms with E-state index in [2.05, 4.69) is 49.7 Å². The highest BCUT2D eigenvalue weighted by molar-refractivity contribution is 6.07. The SMILES string of the molecule is C=C.C=CC=C.C=CCCn1cc(C#CC(C)(C)O)c2c(C(=O)OCc3ccccc3C)c(C)[nH]c2c1=O. The van der Waals surface area contributed by atoms with Gasteiger partial charge in [0.05, 0.1) is 11.1 Å². The average Bonchev–Trinajstić information content (AvgIpc) is 3.25. The number of aromatic nitrogens is 2. The standard InChI is InChI=1S/C26H28N2O4.C4H6.C2H4/c1-6-7-14-28-15-19(12-13-26(4,5)31)22-21(18(3)27-23(22)24(28)29)25(30)32-16-20-11-9-8-10-17(20)2;1-3-4-2;1-2/h6,8-11,15,27,31H,1,7,14,16H2,2-5H3;3-4H,1-2H2;1-2H2. The van der Waals surface area contributed by atoms with Crippen molar-refractivity contribution >= 4 is 16.9 Å². The van der Waals surface area contributed by atoms with Gasteiger partial charge in [0.2, 0.25) is 0 Å². The molecule has 0 spiro atoms. The van der Waals surface area contributed by atoms with Crippen molar-refractivity contribution in [3.63, 3.8) is 0 Å². The number of H-pyrrole nitrogens is 1. The molecule has 0 aliphatic rings. The molecule has 0 amide bonds. The van der Waals surface area contributed by atoms with Crippen LogP contribution in [0.3, 0.4) is 0 Å². The van der Waals surface area contributed by atoms with Crippen LogP contribution in [0.1, 0.15) is 53.0 Å². The summed E-state index contributed by atoms with van der Waals surface area (Å²) in [6.45, 7) is 23.8. The number of ether oxygens (including phenoxy) is 1.